The van der Waals surface area contributed by atoms with Gasteiger partial charge in [0.05, 0.1) is 17.4 Å². The molecule has 2 amide bonds. The Bertz CT molecular complexity index is 793. The Balaban J connectivity index is 1.68. The molecule has 1 N–H and O–H groups in total. The van der Waals surface area contributed by atoms with Gasteiger partial charge >= 0.3 is 0 Å². The van der Waals surface area contributed by atoms with Gasteiger partial charge in [-0.25, -0.2) is 8.42 Å². The van der Waals surface area contributed by atoms with E-state index in [-0.39, 0.29) is 42.3 Å². The van der Waals surface area contributed by atoms with Crippen LogP contribution in [0.3, 0.4) is 0 Å². The van der Waals surface area contributed by atoms with Crippen LogP contribution in [0.25, 0.3) is 0 Å². The van der Waals surface area contributed by atoms with Crippen LogP contribution in [0.4, 0.5) is 5.69 Å². The van der Waals surface area contributed by atoms with Crippen molar-refractivity contribution in [2.24, 2.45) is 5.92 Å². The number of benzene rings is 1. The van der Waals surface area contributed by atoms with Gasteiger partial charge in [-0.2, -0.15) is 0 Å². The van der Waals surface area contributed by atoms with E-state index >= 15 is 0 Å². The number of carbonyl (C=O) groups is 2. The second-order valence-electron chi connectivity index (χ2n) is 6.44. The fraction of sp³-hybridized carbons (Fsp3) is 0.500. The van der Waals surface area contributed by atoms with Crippen molar-refractivity contribution in [2.75, 3.05) is 23.0 Å². The minimum atomic E-state index is -3.05. The summed E-state index contributed by atoms with van der Waals surface area (Å²) >= 11 is 6.01. The first-order valence-electron chi connectivity index (χ1n) is 7.82. The minimum Gasteiger partial charge on any atom is -0.352 e. The maximum absolute atomic E-state index is 12.4. The van der Waals surface area contributed by atoms with Gasteiger partial charge in [-0.1, -0.05) is 17.7 Å². The Labute approximate surface area is 146 Å². The third-order valence-electron chi connectivity index (χ3n) is 4.54. The standard InChI is InChI=1S/C16H19ClN2O4S/c1-10-2-3-12(17)7-14(10)19-8-11(6-15(19)20)16(21)18-13-4-5-24(22,23)9-13/h2-3,7,11,13H,4-6,8-9H2,1H3,(H,18,21). The highest BCUT2D eigenvalue weighted by molar-refractivity contribution is 7.91. The Kier molecular flexibility index (Phi) is 4.57. The van der Waals surface area contributed by atoms with Crippen LogP contribution in [0.1, 0.15) is 18.4 Å². The zero-order valence-electron chi connectivity index (χ0n) is 13.3. The number of sulfone groups is 1. The average molecular weight is 371 g/mol. The largest absolute Gasteiger partial charge is 0.352 e. The molecular weight excluding hydrogens is 352 g/mol. The molecule has 2 aliphatic heterocycles. The smallest absolute Gasteiger partial charge is 0.227 e. The molecule has 6 nitrogen and oxygen atoms in total. The van der Waals surface area contributed by atoms with Crippen molar-refractivity contribution >= 4 is 38.9 Å². The SMILES string of the molecule is Cc1ccc(Cl)cc1N1CC(C(=O)NC2CCS(=O)(=O)C2)CC1=O. The van der Waals surface area contributed by atoms with Gasteiger partial charge in [-0.15, -0.1) is 0 Å². The van der Waals surface area contributed by atoms with Crippen LogP contribution in [0.15, 0.2) is 18.2 Å². The molecular formula is C16H19ClN2O4S. The second kappa shape index (κ2) is 6.37. The van der Waals surface area contributed by atoms with E-state index in [4.69, 9.17) is 11.6 Å². The molecule has 3 rings (SSSR count). The summed E-state index contributed by atoms with van der Waals surface area (Å²) in [6, 6.07) is 4.96. The average Bonchev–Trinajstić information content (AvgIpc) is 3.04. The lowest BCUT2D eigenvalue weighted by Gasteiger charge is -2.20. The number of nitrogens with zero attached hydrogens (tertiary/aromatic N) is 1. The molecule has 2 fully saturated rings. The Hall–Kier alpha value is -1.60. The van der Waals surface area contributed by atoms with Gasteiger partial charge in [-0.3, -0.25) is 9.59 Å². The van der Waals surface area contributed by atoms with Gasteiger partial charge in [0.1, 0.15) is 0 Å². The highest BCUT2D eigenvalue weighted by Crippen LogP contribution is 2.30. The molecule has 2 heterocycles. The molecule has 0 bridgehead atoms. The van der Waals surface area contributed by atoms with Gasteiger partial charge in [0.2, 0.25) is 11.8 Å². The topological polar surface area (TPSA) is 83.6 Å². The van der Waals surface area contributed by atoms with Gasteiger partial charge in [0.25, 0.3) is 0 Å². The molecule has 1 aromatic rings. The van der Waals surface area contributed by atoms with Gasteiger partial charge in [0, 0.05) is 29.7 Å². The van der Waals surface area contributed by atoms with E-state index in [0.29, 0.717) is 17.1 Å². The van der Waals surface area contributed by atoms with Crippen molar-refractivity contribution in [3.8, 4) is 0 Å². The number of rotatable bonds is 3. The molecule has 130 valence electrons. The highest BCUT2D eigenvalue weighted by atomic mass is 35.5. The first kappa shape index (κ1) is 17.2. The van der Waals surface area contributed by atoms with E-state index in [2.05, 4.69) is 5.32 Å². The normalized spacial score (nSPS) is 25.9. The maximum atomic E-state index is 12.4. The summed E-state index contributed by atoms with van der Waals surface area (Å²) in [4.78, 5) is 26.3. The van der Waals surface area contributed by atoms with Crippen LogP contribution in [-0.4, -0.2) is 44.3 Å². The first-order valence-corrected chi connectivity index (χ1v) is 10.0. The lowest BCUT2D eigenvalue weighted by molar-refractivity contribution is -0.126. The lowest BCUT2D eigenvalue weighted by Crippen LogP contribution is -2.40. The van der Waals surface area contributed by atoms with Gasteiger partial charge < -0.3 is 10.2 Å². The first-order chi connectivity index (χ1) is 11.2. The third kappa shape index (κ3) is 3.57. The van der Waals surface area contributed by atoms with E-state index in [1.165, 1.54) is 0 Å². The summed E-state index contributed by atoms with van der Waals surface area (Å²) in [7, 11) is -3.05. The number of amides is 2. The van der Waals surface area contributed by atoms with Crippen molar-refractivity contribution < 1.29 is 18.0 Å². The van der Waals surface area contributed by atoms with E-state index in [1.54, 1.807) is 17.0 Å². The fourth-order valence-corrected chi connectivity index (χ4v) is 5.06. The molecule has 0 spiro atoms. The maximum Gasteiger partial charge on any atom is 0.227 e. The predicted octanol–water partition coefficient (Wildman–Crippen LogP) is 1.30. The molecule has 0 saturated carbocycles. The summed E-state index contributed by atoms with van der Waals surface area (Å²) < 4.78 is 23.0. The quantitative estimate of drug-likeness (QED) is 0.869. The predicted molar refractivity (Wildman–Crippen MR) is 91.9 cm³/mol. The van der Waals surface area contributed by atoms with Crippen LogP contribution < -0.4 is 10.2 Å². The van der Waals surface area contributed by atoms with Crippen LogP contribution >= 0.6 is 11.6 Å². The summed E-state index contributed by atoms with van der Waals surface area (Å²) in [5, 5.41) is 3.31. The molecule has 1 aromatic carbocycles. The third-order valence-corrected chi connectivity index (χ3v) is 6.54. The number of anilines is 1. The summed E-state index contributed by atoms with van der Waals surface area (Å²) in [5.41, 5.74) is 1.63. The van der Waals surface area contributed by atoms with E-state index in [0.717, 1.165) is 5.56 Å². The van der Waals surface area contributed by atoms with Crippen LogP contribution in [0, 0.1) is 12.8 Å². The van der Waals surface area contributed by atoms with E-state index < -0.39 is 15.8 Å². The van der Waals surface area contributed by atoms with E-state index in [1.807, 2.05) is 13.0 Å². The number of carbonyl (C=O) groups excluding carboxylic acids is 2. The van der Waals surface area contributed by atoms with Crippen LogP contribution in [-0.2, 0) is 19.4 Å². The molecule has 2 atom stereocenters. The van der Waals surface area contributed by atoms with Crippen LogP contribution in [0.2, 0.25) is 5.02 Å². The molecule has 0 aromatic heterocycles. The Morgan fingerprint density at radius 2 is 2.12 bits per heavy atom. The number of nitrogens with one attached hydrogen (secondary N) is 1. The summed E-state index contributed by atoms with van der Waals surface area (Å²) in [6.45, 7) is 2.17. The molecule has 24 heavy (non-hydrogen) atoms. The lowest BCUT2D eigenvalue weighted by atomic mass is 10.1. The molecule has 2 saturated heterocycles. The van der Waals surface area contributed by atoms with Crippen molar-refractivity contribution in [1.82, 2.24) is 5.32 Å². The van der Waals surface area contributed by atoms with Crippen molar-refractivity contribution in [3.05, 3.63) is 28.8 Å². The monoisotopic (exact) mass is 370 g/mol. The second-order valence-corrected chi connectivity index (χ2v) is 9.11. The Morgan fingerprint density at radius 1 is 1.38 bits per heavy atom. The highest BCUT2D eigenvalue weighted by Gasteiger charge is 2.37. The van der Waals surface area contributed by atoms with Crippen molar-refractivity contribution in [1.29, 1.82) is 0 Å². The van der Waals surface area contributed by atoms with E-state index in [9.17, 15) is 18.0 Å². The van der Waals surface area contributed by atoms with Crippen LogP contribution in [0.5, 0.6) is 0 Å². The number of aryl methyl sites for hydroxylation is 1. The van der Waals surface area contributed by atoms with Crippen molar-refractivity contribution in [2.45, 2.75) is 25.8 Å². The molecule has 0 radical (unpaired) electrons. The number of halogens is 1. The van der Waals surface area contributed by atoms with Gasteiger partial charge in [-0.05, 0) is 31.0 Å². The van der Waals surface area contributed by atoms with Gasteiger partial charge in [0.15, 0.2) is 9.84 Å². The molecule has 8 heteroatoms. The molecule has 0 aliphatic carbocycles. The molecule has 2 aliphatic rings. The fourth-order valence-electron chi connectivity index (χ4n) is 3.22. The number of hydrogen-bond acceptors (Lipinski definition) is 4. The summed E-state index contributed by atoms with van der Waals surface area (Å²) in [6.07, 6.45) is 0.559. The zero-order chi connectivity index (χ0) is 17.5. The minimum absolute atomic E-state index is 0.0173. The Morgan fingerprint density at radius 3 is 2.79 bits per heavy atom. The van der Waals surface area contributed by atoms with Crippen molar-refractivity contribution in [3.63, 3.8) is 0 Å². The summed E-state index contributed by atoms with van der Waals surface area (Å²) in [5.74, 6) is -0.766. The molecule has 2 unspecified atom stereocenters. The zero-order valence-corrected chi connectivity index (χ0v) is 14.9. The number of hydrogen-bond donors (Lipinski definition) is 1.